The predicted molar refractivity (Wildman–Crippen MR) is 103 cm³/mol. The first-order chi connectivity index (χ1) is 12.8. The highest BCUT2D eigenvalue weighted by molar-refractivity contribution is 5.92. The van der Waals surface area contributed by atoms with Crippen LogP contribution in [0.4, 0.5) is 6.01 Å². The van der Waals surface area contributed by atoms with Crippen LogP contribution >= 0.6 is 0 Å². The second-order valence-corrected chi connectivity index (χ2v) is 8.84. The van der Waals surface area contributed by atoms with Crippen LogP contribution in [-0.2, 0) is 15.0 Å². The Bertz CT molecular complexity index is 876. The normalized spacial score (nSPS) is 20.7. The van der Waals surface area contributed by atoms with Gasteiger partial charge in [0, 0.05) is 19.0 Å². The molecule has 2 aromatic rings. The van der Waals surface area contributed by atoms with Gasteiger partial charge in [0.15, 0.2) is 5.58 Å². The van der Waals surface area contributed by atoms with Crippen molar-refractivity contribution in [1.29, 1.82) is 0 Å². The second kappa shape index (κ2) is 6.66. The zero-order valence-corrected chi connectivity index (χ0v) is 16.2. The molecule has 6 heteroatoms. The molecule has 2 aliphatic rings. The largest absolute Gasteiger partial charge is 0.423 e. The molecule has 1 aromatic heterocycles. The molecule has 2 heterocycles. The van der Waals surface area contributed by atoms with Crippen molar-refractivity contribution in [3.8, 4) is 0 Å². The first-order valence-electron chi connectivity index (χ1n) is 9.82. The third-order valence-electron chi connectivity index (χ3n) is 5.51. The molecule has 0 bridgehead atoms. The van der Waals surface area contributed by atoms with Gasteiger partial charge in [0.25, 0.3) is 0 Å². The van der Waals surface area contributed by atoms with Gasteiger partial charge in [-0.25, -0.2) is 0 Å². The molecular formula is C21H27N3O3. The third kappa shape index (κ3) is 3.84. The quantitative estimate of drug-likeness (QED) is 0.895. The van der Waals surface area contributed by atoms with Crippen LogP contribution in [0.15, 0.2) is 22.6 Å². The van der Waals surface area contributed by atoms with E-state index in [4.69, 9.17) is 4.42 Å². The van der Waals surface area contributed by atoms with Crippen molar-refractivity contribution < 1.29 is 14.0 Å². The van der Waals surface area contributed by atoms with Gasteiger partial charge in [-0.1, -0.05) is 26.8 Å². The lowest BCUT2D eigenvalue weighted by molar-refractivity contribution is -0.135. The average molecular weight is 369 g/mol. The predicted octanol–water partition coefficient (Wildman–Crippen LogP) is 3.71. The van der Waals surface area contributed by atoms with Crippen LogP contribution in [-0.4, -0.2) is 34.8 Å². The number of aromatic nitrogens is 1. The molecule has 1 aromatic carbocycles. The summed E-state index contributed by atoms with van der Waals surface area (Å²) in [6.07, 6.45) is 3.63. The van der Waals surface area contributed by atoms with Crippen molar-refractivity contribution in [1.82, 2.24) is 9.88 Å². The molecule has 1 aliphatic heterocycles. The molecule has 0 radical (unpaired) electrons. The fraction of sp³-hybridized carbons (Fsp3) is 0.571. The number of piperidine rings is 1. The Kier molecular flexibility index (Phi) is 4.44. The zero-order valence-electron chi connectivity index (χ0n) is 16.2. The Morgan fingerprint density at radius 2 is 1.96 bits per heavy atom. The van der Waals surface area contributed by atoms with E-state index in [1.165, 1.54) is 5.56 Å². The van der Waals surface area contributed by atoms with Crippen LogP contribution in [0.2, 0.25) is 0 Å². The Balaban J connectivity index is 1.45. The van der Waals surface area contributed by atoms with Gasteiger partial charge in [-0.05, 0) is 48.8 Å². The zero-order chi connectivity index (χ0) is 19.2. The minimum Gasteiger partial charge on any atom is -0.423 e. The third-order valence-corrected chi connectivity index (χ3v) is 5.51. The number of hydrogen-bond acceptors (Lipinski definition) is 4. The maximum Gasteiger partial charge on any atom is 0.302 e. The van der Waals surface area contributed by atoms with E-state index in [1.54, 1.807) is 0 Å². The number of rotatable bonds is 3. The van der Waals surface area contributed by atoms with E-state index in [9.17, 15) is 9.59 Å². The summed E-state index contributed by atoms with van der Waals surface area (Å²) in [5.41, 5.74) is 2.60. The Hall–Kier alpha value is -2.37. The van der Waals surface area contributed by atoms with E-state index in [2.05, 4.69) is 31.1 Å². The Labute approximate surface area is 159 Å². The fourth-order valence-corrected chi connectivity index (χ4v) is 3.63. The monoisotopic (exact) mass is 369 g/mol. The highest BCUT2D eigenvalue weighted by atomic mass is 16.4. The van der Waals surface area contributed by atoms with Crippen molar-refractivity contribution in [3.05, 3.63) is 23.8 Å². The molecular weight excluding hydrogens is 342 g/mol. The average Bonchev–Trinajstić information content (AvgIpc) is 3.40. The molecule has 1 atom stereocenters. The van der Waals surface area contributed by atoms with Crippen LogP contribution in [0.5, 0.6) is 0 Å². The number of anilines is 1. The summed E-state index contributed by atoms with van der Waals surface area (Å²) >= 11 is 0. The van der Waals surface area contributed by atoms with Crippen LogP contribution in [0.25, 0.3) is 11.1 Å². The van der Waals surface area contributed by atoms with Crippen molar-refractivity contribution >= 4 is 28.9 Å². The Morgan fingerprint density at radius 3 is 2.67 bits per heavy atom. The number of fused-ring (bicyclic) bond motifs is 1. The number of carbonyl (C=O) groups excluding carboxylic acids is 2. The van der Waals surface area contributed by atoms with Crippen LogP contribution in [0.3, 0.4) is 0 Å². The molecule has 2 fully saturated rings. The number of likely N-dealkylation sites (tertiary alicyclic amines) is 1. The summed E-state index contributed by atoms with van der Waals surface area (Å²) in [5.74, 6) is 0.0810. The molecule has 1 N–H and O–H groups in total. The van der Waals surface area contributed by atoms with E-state index in [1.807, 2.05) is 23.1 Å². The summed E-state index contributed by atoms with van der Waals surface area (Å²) in [5, 5.41) is 2.81. The van der Waals surface area contributed by atoms with Gasteiger partial charge >= 0.3 is 6.01 Å². The van der Waals surface area contributed by atoms with Gasteiger partial charge in [-0.3, -0.25) is 14.9 Å². The van der Waals surface area contributed by atoms with Gasteiger partial charge in [0.2, 0.25) is 11.8 Å². The number of nitrogens with zero attached hydrogens (tertiary/aromatic N) is 2. The smallest absolute Gasteiger partial charge is 0.302 e. The lowest BCUT2D eigenvalue weighted by Gasteiger charge is -2.31. The molecule has 4 rings (SSSR count). The van der Waals surface area contributed by atoms with Gasteiger partial charge in [0.05, 0.1) is 5.92 Å². The second-order valence-electron chi connectivity index (χ2n) is 8.84. The van der Waals surface area contributed by atoms with E-state index < -0.39 is 0 Å². The molecule has 144 valence electrons. The summed E-state index contributed by atoms with van der Waals surface area (Å²) < 4.78 is 5.70. The standard InChI is InChI=1S/C21H27N3O3/c1-21(2,3)15-8-9-17-16(11-15)22-20(27-17)23-18(25)14-5-4-10-24(12-14)19(26)13-6-7-13/h8-9,11,13-14H,4-7,10,12H2,1-3H3,(H,22,23,25). The van der Waals surface area contributed by atoms with Crippen molar-refractivity contribution in [2.24, 2.45) is 11.8 Å². The van der Waals surface area contributed by atoms with Gasteiger partial charge in [0.1, 0.15) is 5.52 Å². The minimum absolute atomic E-state index is 0.0240. The van der Waals surface area contributed by atoms with E-state index in [0.29, 0.717) is 12.1 Å². The number of carbonyl (C=O) groups is 2. The minimum atomic E-state index is -0.207. The van der Waals surface area contributed by atoms with E-state index in [-0.39, 0.29) is 35.1 Å². The number of hydrogen-bond donors (Lipinski definition) is 1. The summed E-state index contributed by atoms with van der Waals surface area (Å²) in [4.78, 5) is 31.2. The van der Waals surface area contributed by atoms with E-state index >= 15 is 0 Å². The number of benzene rings is 1. The lowest BCUT2D eigenvalue weighted by atomic mass is 9.87. The van der Waals surface area contributed by atoms with Gasteiger partial charge < -0.3 is 9.32 Å². The molecule has 1 aliphatic carbocycles. The maximum atomic E-state index is 12.7. The first kappa shape index (κ1) is 18.0. The lowest BCUT2D eigenvalue weighted by Crippen LogP contribution is -2.44. The SMILES string of the molecule is CC(C)(C)c1ccc2oc(NC(=O)C3CCCN(C(=O)C4CC4)C3)nc2c1. The number of amides is 2. The summed E-state index contributed by atoms with van der Waals surface area (Å²) in [6, 6.07) is 6.16. The molecule has 2 amide bonds. The number of nitrogens with one attached hydrogen (secondary N) is 1. The number of oxazole rings is 1. The highest BCUT2D eigenvalue weighted by Gasteiger charge is 2.36. The van der Waals surface area contributed by atoms with Crippen LogP contribution < -0.4 is 5.32 Å². The topological polar surface area (TPSA) is 75.4 Å². The molecule has 1 unspecified atom stereocenters. The van der Waals surface area contributed by atoms with Crippen LogP contribution in [0.1, 0.15) is 52.0 Å². The Morgan fingerprint density at radius 1 is 1.19 bits per heavy atom. The van der Waals surface area contributed by atoms with Crippen LogP contribution in [0, 0.1) is 11.8 Å². The first-order valence-corrected chi connectivity index (χ1v) is 9.82. The van der Waals surface area contributed by atoms with Gasteiger partial charge in [-0.2, -0.15) is 4.98 Å². The molecule has 1 saturated carbocycles. The van der Waals surface area contributed by atoms with E-state index in [0.717, 1.165) is 37.7 Å². The molecule has 6 nitrogen and oxygen atoms in total. The molecule has 0 spiro atoms. The summed E-state index contributed by atoms with van der Waals surface area (Å²) in [6.45, 7) is 7.70. The van der Waals surface area contributed by atoms with Crippen molar-refractivity contribution in [2.75, 3.05) is 18.4 Å². The summed E-state index contributed by atoms with van der Waals surface area (Å²) in [7, 11) is 0. The fourth-order valence-electron chi connectivity index (χ4n) is 3.63. The van der Waals surface area contributed by atoms with Crippen molar-refractivity contribution in [3.63, 3.8) is 0 Å². The molecule has 1 saturated heterocycles. The molecule has 27 heavy (non-hydrogen) atoms. The van der Waals surface area contributed by atoms with Gasteiger partial charge in [-0.15, -0.1) is 0 Å². The highest BCUT2D eigenvalue weighted by Crippen LogP contribution is 2.33. The van der Waals surface area contributed by atoms with Crippen molar-refractivity contribution in [2.45, 2.75) is 51.9 Å². The maximum absolute atomic E-state index is 12.7.